The molecule has 0 aromatic heterocycles. The molecule has 1 fully saturated rings. The van der Waals surface area contributed by atoms with E-state index in [4.69, 9.17) is 5.11 Å². The van der Waals surface area contributed by atoms with Gasteiger partial charge in [0.05, 0.1) is 5.56 Å². The molecule has 1 aromatic rings. The number of carboxylic acid groups (broad SMARTS) is 1. The van der Waals surface area contributed by atoms with E-state index in [1.807, 2.05) is 6.07 Å². The van der Waals surface area contributed by atoms with Gasteiger partial charge in [0.2, 0.25) is 0 Å². The van der Waals surface area contributed by atoms with Crippen molar-refractivity contribution >= 4 is 5.97 Å². The maximum atomic E-state index is 11.0. The SMILES string of the molecule is CC(C)(CNCc1cccc(C(=O)O)c1)CN1CCCC1. The number of aromatic carboxylic acids is 1. The number of carboxylic acids is 1. The van der Waals surface area contributed by atoms with Crippen LogP contribution in [0.4, 0.5) is 0 Å². The molecule has 0 bridgehead atoms. The van der Waals surface area contributed by atoms with Crippen LogP contribution in [0.3, 0.4) is 0 Å². The van der Waals surface area contributed by atoms with Gasteiger partial charge in [0.15, 0.2) is 0 Å². The van der Waals surface area contributed by atoms with Crippen LogP contribution in [0.1, 0.15) is 42.6 Å². The second-order valence-electron chi connectivity index (χ2n) is 6.76. The highest BCUT2D eigenvalue weighted by Crippen LogP contribution is 2.19. The average Bonchev–Trinajstić information content (AvgIpc) is 2.91. The van der Waals surface area contributed by atoms with Crippen molar-refractivity contribution in [2.75, 3.05) is 26.2 Å². The maximum Gasteiger partial charge on any atom is 0.335 e. The lowest BCUT2D eigenvalue weighted by Gasteiger charge is -2.30. The molecule has 0 saturated carbocycles. The van der Waals surface area contributed by atoms with Crippen molar-refractivity contribution in [1.82, 2.24) is 10.2 Å². The molecular formula is C17H26N2O2. The Labute approximate surface area is 127 Å². The molecule has 0 spiro atoms. The second-order valence-corrected chi connectivity index (χ2v) is 6.76. The summed E-state index contributed by atoms with van der Waals surface area (Å²) in [6.45, 7) is 9.78. The predicted molar refractivity (Wildman–Crippen MR) is 84.6 cm³/mol. The molecule has 116 valence electrons. The summed E-state index contributed by atoms with van der Waals surface area (Å²) in [7, 11) is 0. The maximum absolute atomic E-state index is 11.0. The van der Waals surface area contributed by atoms with E-state index in [1.165, 1.54) is 25.9 Å². The Kier molecular flexibility index (Phi) is 5.37. The normalized spacial score (nSPS) is 16.3. The quantitative estimate of drug-likeness (QED) is 0.810. The van der Waals surface area contributed by atoms with E-state index >= 15 is 0 Å². The zero-order valence-electron chi connectivity index (χ0n) is 13.1. The van der Waals surface area contributed by atoms with Gasteiger partial charge in [-0.3, -0.25) is 0 Å². The smallest absolute Gasteiger partial charge is 0.335 e. The van der Waals surface area contributed by atoms with Crippen LogP contribution in [0.5, 0.6) is 0 Å². The number of hydrogen-bond acceptors (Lipinski definition) is 3. The van der Waals surface area contributed by atoms with Crippen molar-refractivity contribution in [2.45, 2.75) is 33.2 Å². The Hall–Kier alpha value is -1.39. The molecule has 1 saturated heterocycles. The second kappa shape index (κ2) is 7.05. The van der Waals surface area contributed by atoms with Crippen LogP contribution in [-0.2, 0) is 6.54 Å². The first-order valence-electron chi connectivity index (χ1n) is 7.72. The third-order valence-electron chi connectivity index (χ3n) is 3.96. The van der Waals surface area contributed by atoms with Crippen molar-refractivity contribution in [3.63, 3.8) is 0 Å². The number of hydrogen-bond donors (Lipinski definition) is 2. The lowest BCUT2D eigenvalue weighted by Crippen LogP contribution is -2.39. The highest BCUT2D eigenvalue weighted by molar-refractivity contribution is 5.87. The van der Waals surface area contributed by atoms with Crippen molar-refractivity contribution < 1.29 is 9.90 Å². The highest BCUT2D eigenvalue weighted by Gasteiger charge is 2.23. The molecule has 0 unspecified atom stereocenters. The van der Waals surface area contributed by atoms with Crippen LogP contribution >= 0.6 is 0 Å². The summed E-state index contributed by atoms with van der Waals surface area (Å²) >= 11 is 0. The molecule has 1 aromatic carbocycles. The first-order chi connectivity index (χ1) is 9.96. The molecule has 0 aliphatic carbocycles. The molecule has 1 aliphatic rings. The van der Waals surface area contributed by atoms with E-state index in [0.29, 0.717) is 12.1 Å². The van der Waals surface area contributed by atoms with Crippen LogP contribution in [0.15, 0.2) is 24.3 Å². The van der Waals surface area contributed by atoms with Crippen LogP contribution < -0.4 is 5.32 Å². The van der Waals surface area contributed by atoms with Gasteiger partial charge in [0.1, 0.15) is 0 Å². The summed E-state index contributed by atoms with van der Waals surface area (Å²) in [5.41, 5.74) is 1.60. The standard InChI is InChI=1S/C17H26N2O2/c1-17(2,13-19-8-3-4-9-19)12-18-11-14-6-5-7-15(10-14)16(20)21/h5-7,10,18H,3-4,8-9,11-13H2,1-2H3,(H,20,21). The summed E-state index contributed by atoms with van der Waals surface area (Å²) < 4.78 is 0. The highest BCUT2D eigenvalue weighted by atomic mass is 16.4. The number of nitrogens with zero attached hydrogens (tertiary/aromatic N) is 1. The number of carbonyl (C=O) groups is 1. The van der Waals surface area contributed by atoms with Crippen molar-refractivity contribution in [3.8, 4) is 0 Å². The Bertz CT molecular complexity index is 479. The third kappa shape index (κ3) is 5.14. The van der Waals surface area contributed by atoms with Gasteiger partial charge < -0.3 is 15.3 Å². The van der Waals surface area contributed by atoms with E-state index < -0.39 is 5.97 Å². The van der Waals surface area contributed by atoms with E-state index in [-0.39, 0.29) is 5.41 Å². The minimum absolute atomic E-state index is 0.231. The number of benzene rings is 1. The van der Waals surface area contributed by atoms with Gasteiger partial charge in [-0.05, 0) is 49.0 Å². The van der Waals surface area contributed by atoms with Gasteiger partial charge in [0.25, 0.3) is 0 Å². The first kappa shape index (κ1) is 16.0. The Morgan fingerprint density at radius 1 is 1.33 bits per heavy atom. The largest absolute Gasteiger partial charge is 0.478 e. The molecule has 0 radical (unpaired) electrons. The fraction of sp³-hybridized carbons (Fsp3) is 0.588. The minimum atomic E-state index is -0.869. The summed E-state index contributed by atoms with van der Waals surface area (Å²) in [6.07, 6.45) is 2.65. The lowest BCUT2D eigenvalue weighted by molar-refractivity contribution is 0.0696. The molecule has 2 rings (SSSR count). The zero-order chi connectivity index (χ0) is 15.3. The lowest BCUT2D eigenvalue weighted by atomic mass is 9.92. The van der Waals surface area contributed by atoms with Crippen LogP contribution in [0.2, 0.25) is 0 Å². The first-order valence-corrected chi connectivity index (χ1v) is 7.72. The molecule has 4 heteroatoms. The minimum Gasteiger partial charge on any atom is -0.478 e. The van der Waals surface area contributed by atoms with Crippen molar-refractivity contribution in [2.24, 2.45) is 5.41 Å². The van der Waals surface area contributed by atoms with E-state index in [1.54, 1.807) is 18.2 Å². The van der Waals surface area contributed by atoms with E-state index in [2.05, 4.69) is 24.1 Å². The molecule has 2 N–H and O–H groups in total. The Balaban J connectivity index is 1.79. The topological polar surface area (TPSA) is 52.6 Å². The van der Waals surface area contributed by atoms with Gasteiger partial charge in [-0.2, -0.15) is 0 Å². The summed E-state index contributed by atoms with van der Waals surface area (Å²) in [6, 6.07) is 7.13. The van der Waals surface area contributed by atoms with Crippen molar-refractivity contribution in [1.29, 1.82) is 0 Å². The third-order valence-corrected chi connectivity index (χ3v) is 3.96. The molecule has 4 nitrogen and oxygen atoms in total. The van der Waals surface area contributed by atoms with Gasteiger partial charge >= 0.3 is 5.97 Å². The monoisotopic (exact) mass is 290 g/mol. The Morgan fingerprint density at radius 2 is 2.05 bits per heavy atom. The average molecular weight is 290 g/mol. The fourth-order valence-electron chi connectivity index (χ4n) is 2.96. The van der Waals surface area contributed by atoms with Crippen LogP contribution in [0.25, 0.3) is 0 Å². The zero-order valence-corrected chi connectivity index (χ0v) is 13.1. The summed E-state index contributed by atoms with van der Waals surface area (Å²) in [5.74, 6) is -0.869. The molecule has 1 aliphatic heterocycles. The van der Waals surface area contributed by atoms with E-state index in [9.17, 15) is 4.79 Å². The van der Waals surface area contributed by atoms with Gasteiger partial charge in [-0.25, -0.2) is 4.79 Å². The molecule has 21 heavy (non-hydrogen) atoms. The number of nitrogens with one attached hydrogen (secondary N) is 1. The summed E-state index contributed by atoms with van der Waals surface area (Å²) in [5, 5.41) is 12.5. The molecule has 0 atom stereocenters. The predicted octanol–water partition coefficient (Wildman–Crippen LogP) is 2.60. The van der Waals surface area contributed by atoms with Crippen LogP contribution in [-0.4, -0.2) is 42.2 Å². The number of likely N-dealkylation sites (tertiary alicyclic amines) is 1. The Morgan fingerprint density at radius 3 is 2.71 bits per heavy atom. The molecule has 1 heterocycles. The van der Waals surface area contributed by atoms with Crippen LogP contribution in [0, 0.1) is 5.41 Å². The van der Waals surface area contributed by atoms with Gasteiger partial charge in [-0.1, -0.05) is 26.0 Å². The fourth-order valence-corrected chi connectivity index (χ4v) is 2.96. The molecular weight excluding hydrogens is 264 g/mol. The molecule has 0 amide bonds. The number of rotatable bonds is 7. The summed E-state index contributed by atoms with van der Waals surface area (Å²) in [4.78, 5) is 13.5. The van der Waals surface area contributed by atoms with Crippen molar-refractivity contribution in [3.05, 3.63) is 35.4 Å². The van der Waals surface area contributed by atoms with E-state index in [0.717, 1.165) is 18.7 Å². The van der Waals surface area contributed by atoms with Gasteiger partial charge in [0, 0.05) is 19.6 Å². The van der Waals surface area contributed by atoms with Gasteiger partial charge in [-0.15, -0.1) is 0 Å².